The topological polar surface area (TPSA) is 12.0 Å². The predicted octanol–water partition coefficient (Wildman–Crippen LogP) is 5.38. The Hall–Kier alpha value is -0.780. The van der Waals surface area contributed by atoms with Gasteiger partial charge in [0.05, 0.1) is 0 Å². The van der Waals surface area contributed by atoms with Crippen LogP contribution in [0.25, 0.3) is 0 Å². The number of nitrogens with one attached hydrogen (secondary N) is 1. The van der Waals surface area contributed by atoms with Crippen LogP contribution in [0.2, 0.25) is 0 Å². The first-order valence-electron chi connectivity index (χ1n) is 6.63. The van der Waals surface area contributed by atoms with E-state index in [-0.39, 0.29) is 17.7 Å². The highest BCUT2D eigenvalue weighted by atomic mass is 79.9. The van der Waals surface area contributed by atoms with Crippen LogP contribution in [0.15, 0.2) is 45.3 Å². The standard InChI is InChI=1S/C16H15Br2F2N/c1-2-21-16(14-4-3-11(17)9-15(14)20)7-10-5-12(18)8-13(19)6-10/h3-6,8-9,16,21H,2,7H2,1H3. The van der Waals surface area contributed by atoms with Crippen LogP contribution in [-0.2, 0) is 6.42 Å². The molecule has 1 atom stereocenters. The monoisotopic (exact) mass is 417 g/mol. The minimum Gasteiger partial charge on any atom is -0.310 e. The molecule has 0 bridgehead atoms. The molecule has 5 heteroatoms. The van der Waals surface area contributed by atoms with Crippen molar-refractivity contribution >= 4 is 31.9 Å². The van der Waals surface area contributed by atoms with E-state index >= 15 is 0 Å². The van der Waals surface area contributed by atoms with Gasteiger partial charge in [-0.2, -0.15) is 0 Å². The highest BCUT2D eigenvalue weighted by Gasteiger charge is 2.16. The summed E-state index contributed by atoms with van der Waals surface area (Å²) in [7, 11) is 0. The molecule has 2 aromatic rings. The molecule has 0 saturated carbocycles. The largest absolute Gasteiger partial charge is 0.310 e. The van der Waals surface area contributed by atoms with Crippen LogP contribution in [0, 0.1) is 11.6 Å². The maximum atomic E-state index is 14.1. The minimum absolute atomic E-state index is 0.197. The summed E-state index contributed by atoms with van der Waals surface area (Å²) in [5.41, 5.74) is 1.40. The normalized spacial score (nSPS) is 12.4. The van der Waals surface area contributed by atoms with Gasteiger partial charge in [-0.05, 0) is 48.9 Å². The summed E-state index contributed by atoms with van der Waals surface area (Å²) in [6.07, 6.45) is 0.517. The molecule has 0 aromatic heterocycles. The van der Waals surface area contributed by atoms with Crippen molar-refractivity contribution in [1.82, 2.24) is 5.32 Å². The van der Waals surface area contributed by atoms with Crippen LogP contribution in [0.4, 0.5) is 8.78 Å². The van der Waals surface area contributed by atoms with Gasteiger partial charge in [-0.3, -0.25) is 0 Å². The zero-order valence-corrected chi connectivity index (χ0v) is 14.6. The first kappa shape index (κ1) is 16.6. The molecule has 1 nitrogen and oxygen atoms in total. The van der Waals surface area contributed by atoms with Gasteiger partial charge in [0.15, 0.2) is 0 Å². The second-order valence-electron chi connectivity index (χ2n) is 4.76. The molecule has 0 aliphatic rings. The molecular weight excluding hydrogens is 404 g/mol. The molecular formula is C16H15Br2F2N. The average molecular weight is 419 g/mol. The van der Waals surface area contributed by atoms with E-state index in [1.807, 2.05) is 19.1 Å². The van der Waals surface area contributed by atoms with E-state index in [0.29, 0.717) is 27.5 Å². The van der Waals surface area contributed by atoms with Crippen LogP contribution in [0.3, 0.4) is 0 Å². The minimum atomic E-state index is -0.300. The highest BCUT2D eigenvalue weighted by Crippen LogP contribution is 2.25. The van der Waals surface area contributed by atoms with E-state index in [0.717, 1.165) is 5.56 Å². The summed E-state index contributed by atoms with van der Waals surface area (Å²) in [5, 5.41) is 3.25. The van der Waals surface area contributed by atoms with E-state index in [9.17, 15) is 8.78 Å². The van der Waals surface area contributed by atoms with Crippen LogP contribution >= 0.6 is 31.9 Å². The number of hydrogen-bond acceptors (Lipinski definition) is 1. The Balaban J connectivity index is 2.30. The molecule has 0 aliphatic heterocycles. The first-order valence-corrected chi connectivity index (χ1v) is 8.21. The van der Waals surface area contributed by atoms with Gasteiger partial charge in [-0.25, -0.2) is 8.78 Å². The molecule has 1 N–H and O–H groups in total. The van der Waals surface area contributed by atoms with E-state index in [1.54, 1.807) is 6.07 Å². The molecule has 0 radical (unpaired) electrons. The van der Waals surface area contributed by atoms with Crippen molar-refractivity contribution in [3.8, 4) is 0 Å². The molecule has 0 amide bonds. The van der Waals surface area contributed by atoms with Crippen molar-refractivity contribution in [3.05, 3.63) is 68.1 Å². The van der Waals surface area contributed by atoms with Gasteiger partial charge < -0.3 is 5.32 Å². The molecule has 0 fully saturated rings. The lowest BCUT2D eigenvalue weighted by Gasteiger charge is -2.19. The Morgan fingerprint density at radius 2 is 1.81 bits per heavy atom. The van der Waals surface area contributed by atoms with Gasteiger partial charge in [-0.15, -0.1) is 0 Å². The second kappa shape index (κ2) is 7.47. The Kier molecular flexibility index (Phi) is 5.90. The smallest absolute Gasteiger partial charge is 0.129 e. The fraction of sp³-hybridized carbons (Fsp3) is 0.250. The second-order valence-corrected chi connectivity index (χ2v) is 6.59. The SMILES string of the molecule is CCNC(Cc1cc(F)cc(Br)c1)c1ccc(Br)cc1F. The van der Waals surface area contributed by atoms with Gasteiger partial charge in [0, 0.05) is 20.6 Å². The summed E-state index contributed by atoms with van der Waals surface area (Å²) in [6, 6.07) is 9.55. The molecule has 2 rings (SSSR count). The number of halogens is 4. The third-order valence-electron chi connectivity index (χ3n) is 3.15. The zero-order chi connectivity index (χ0) is 15.4. The quantitative estimate of drug-likeness (QED) is 0.686. The molecule has 0 spiro atoms. The Labute approximate surface area is 140 Å². The Morgan fingerprint density at radius 3 is 2.43 bits per heavy atom. The van der Waals surface area contributed by atoms with Crippen molar-refractivity contribution in [2.45, 2.75) is 19.4 Å². The number of likely N-dealkylation sites (N-methyl/N-ethyl adjacent to an activating group) is 1. The Bertz CT molecular complexity index is 611. The fourth-order valence-electron chi connectivity index (χ4n) is 2.29. The summed E-state index contributed by atoms with van der Waals surface area (Å²) < 4.78 is 29.0. The van der Waals surface area contributed by atoms with Crippen molar-refractivity contribution in [1.29, 1.82) is 0 Å². The zero-order valence-electron chi connectivity index (χ0n) is 11.5. The van der Waals surface area contributed by atoms with Gasteiger partial charge >= 0.3 is 0 Å². The summed E-state index contributed by atoms with van der Waals surface area (Å²) >= 11 is 6.54. The van der Waals surface area contributed by atoms with Gasteiger partial charge in [0.25, 0.3) is 0 Å². The van der Waals surface area contributed by atoms with Crippen LogP contribution in [0.5, 0.6) is 0 Å². The third-order valence-corrected chi connectivity index (χ3v) is 4.10. The summed E-state index contributed by atoms with van der Waals surface area (Å²) in [5.74, 6) is -0.573. The van der Waals surface area contributed by atoms with Crippen molar-refractivity contribution in [2.75, 3.05) is 6.54 Å². The fourth-order valence-corrected chi connectivity index (χ4v) is 3.13. The summed E-state index contributed by atoms with van der Waals surface area (Å²) in [6.45, 7) is 2.67. The lowest BCUT2D eigenvalue weighted by molar-refractivity contribution is 0.508. The van der Waals surface area contributed by atoms with Crippen LogP contribution < -0.4 is 5.32 Å². The average Bonchev–Trinajstić information content (AvgIpc) is 2.37. The first-order chi connectivity index (χ1) is 9.99. The van der Waals surface area contributed by atoms with E-state index in [2.05, 4.69) is 37.2 Å². The van der Waals surface area contributed by atoms with Crippen molar-refractivity contribution in [3.63, 3.8) is 0 Å². The van der Waals surface area contributed by atoms with Crippen LogP contribution in [0.1, 0.15) is 24.1 Å². The molecule has 2 aromatic carbocycles. The lowest BCUT2D eigenvalue weighted by Crippen LogP contribution is -2.24. The predicted molar refractivity (Wildman–Crippen MR) is 88.3 cm³/mol. The number of benzene rings is 2. The molecule has 0 aliphatic carbocycles. The maximum Gasteiger partial charge on any atom is 0.129 e. The lowest BCUT2D eigenvalue weighted by atomic mass is 9.98. The van der Waals surface area contributed by atoms with Gasteiger partial charge in [-0.1, -0.05) is 44.8 Å². The molecule has 21 heavy (non-hydrogen) atoms. The number of rotatable bonds is 5. The third kappa shape index (κ3) is 4.59. The van der Waals surface area contributed by atoms with Crippen molar-refractivity contribution in [2.24, 2.45) is 0 Å². The molecule has 0 saturated heterocycles. The maximum absolute atomic E-state index is 14.1. The van der Waals surface area contributed by atoms with Crippen LogP contribution in [-0.4, -0.2) is 6.54 Å². The van der Waals surface area contributed by atoms with E-state index < -0.39 is 0 Å². The van der Waals surface area contributed by atoms with Gasteiger partial charge in [0.2, 0.25) is 0 Å². The molecule has 112 valence electrons. The van der Waals surface area contributed by atoms with Crippen molar-refractivity contribution < 1.29 is 8.78 Å². The molecule has 1 unspecified atom stereocenters. The highest BCUT2D eigenvalue weighted by molar-refractivity contribution is 9.10. The van der Waals surface area contributed by atoms with Gasteiger partial charge in [0.1, 0.15) is 11.6 Å². The van der Waals surface area contributed by atoms with E-state index in [1.165, 1.54) is 18.2 Å². The van der Waals surface area contributed by atoms with E-state index in [4.69, 9.17) is 0 Å². The Morgan fingerprint density at radius 1 is 1.05 bits per heavy atom. The number of hydrogen-bond donors (Lipinski definition) is 1. The summed E-state index contributed by atoms with van der Waals surface area (Å²) in [4.78, 5) is 0. The molecule has 0 heterocycles.